The van der Waals surface area contributed by atoms with Gasteiger partial charge >= 0.3 is 196 Å². The van der Waals surface area contributed by atoms with Gasteiger partial charge in [-0.3, -0.25) is 0 Å². The van der Waals surface area contributed by atoms with Crippen molar-refractivity contribution in [3.63, 3.8) is 0 Å². The molecule has 0 spiro atoms. The SMILES string of the molecule is CC[n+]1c(F)c(F)c(F)c(F)c1Br.CC[n+]1ccccc1F.O.O.O.O.O.O.O.O.O.O.[Cl][Sb].[Cl][Sb].[Cl][Sb].[Cl][Sb].[Cl][Sb].[Cl][Sb].[OH-].[OH-]. The van der Waals surface area contributed by atoms with Gasteiger partial charge in [0.15, 0.2) is 6.20 Å². The van der Waals surface area contributed by atoms with Crippen LogP contribution in [0.2, 0.25) is 0 Å². The minimum absolute atomic E-state index is 0. The van der Waals surface area contributed by atoms with E-state index in [0.717, 1.165) is 0 Å². The van der Waals surface area contributed by atoms with Crippen LogP contribution in [0.25, 0.3) is 0 Å². The summed E-state index contributed by atoms with van der Waals surface area (Å²) in [6, 6.07) is 4.94. The second-order valence-corrected chi connectivity index (χ2v) is 4.83. The van der Waals surface area contributed by atoms with Crippen molar-refractivity contribution >= 4 is 200 Å². The Labute approximate surface area is 376 Å². The van der Waals surface area contributed by atoms with Gasteiger partial charge in [0.1, 0.15) is 13.1 Å². The number of hydrogen-bond acceptors (Lipinski definition) is 2. The molecule has 0 saturated carbocycles. The number of nitrogens with zero attached hydrogens (tertiary/aromatic N) is 2. The van der Waals surface area contributed by atoms with E-state index >= 15 is 0 Å². The van der Waals surface area contributed by atoms with Crippen LogP contribution in [0.5, 0.6) is 0 Å². The van der Waals surface area contributed by atoms with Gasteiger partial charge in [-0.25, -0.2) is 0 Å². The van der Waals surface area contributed by atoms with Crippen molar-refractivity contribution in [1.82, 2.24) is 0 Å². The molecule has 0 aromatic carbocycles. The average molecular weight is 1540 g/mol. The molecule has 288 valence electrons. The molecule has 46 heavy (non-hydrogen) atoms. The number of pyridine rings is 2. The van der Waals surface area contributed by atoms with Crippen LogP contribution in [0.1, 0.15) is 13.8 Å². The van der Waals surface area contributed by atoms with Crippen molar-refractivity contribution in [1.29, 1.82) is 0 Å². The van der Waals surface area contributed by atoms with Crippen LogP contribution in [-0.2, 0) is 13.1 Å². The molecule has 0 aliphatic carbocycles. The maximum Gasteiger partial charge on any atom is -0.870 e. The molecule has 14 nitrogen and oxygen atoms in total. The summed E-state index contributed by atoms with van der Waals surface area (Å²) in [6.45, 7) is 4.07. The Morgan fingerprint density at radius 2 is 0.848 bits per heavy atom. The summed E-state index contributed by atoms with van der Waals surface area (Å²) in [5.74, 6) is -6.65. The van der Waals surface area contributed by atoms with Crippen molar-refractivity contribution < 1.29 is 96.8 Å². The first kappa shape index (κ1) is 117. The van der Waals surface area contributed by atoms with E-state index in [1.54, 1.807) is 16.8 Å². The first-order chi connectivity index (χ1) is 16.3. The monoisotopic (exact) mass is 1530 g/mol. The third-order valence-electron chi connectivity index (χ3n) is 2.76. The molecule has 0 aliphatic rings. The van der Waals surface area contributed by atoms with Gasteiger partial charge in [-0.05, 0) is 19.9 Å². The quantitative estimate of drug-likeness (QED) is 0.129. The number of rotatable bonds is 2. The van der Waals surface area contributed by atoms with Crippen LogP contribution in [0.3, 0.4) is 0 Å². The van der Waals surface area contributed by atoms with E-state index in [2.05, 4.69) is 68.9 Å². The van der Waals surface area contributed by atoms with Crippen molar-refractivity contribution in [2.75, 3.05) is 0 Å². The fraction of sp³-hybridized carbons (Fsp3) is 0.286. The summed E-state index contributed by atoms with van der Waals surface area (Å²) in [5.41, 5.74) is 0. The standard InChI is InChI=1S/C7H5BrF4N.C7H9FN.6ClH.12H2O.6Sb/c1-2-13-6(8)4(10)3(9)5(11)7(13)12;1-2-9-6-4-3-5-7(9)8;;;;;;;;;;;;;;;;;;;;;;;;/h2H2,1H3;3-6H,2H2,1H3;6*1H;12*1H2;;;;;;/q2*+1;;;;;;;;;;;;;;;;;;;6*+1/p-8. The molecule has 0 unspecified atom stereocenters. The second kappa shape index (κ2) is 97.9. The molecule has 0 aliphatic heterocycles. The Hall–Kier alpha value is 4.60. The zero-order chi connectivity index (χ0) is 28.9. The number of halogens is 12. The summed E-state index contributed by atoms with van der Waals surface area (Å²) in [5, 5.41) is 0. The van der Waals surface area contributed by atoms with Gasteiger partial charge in [-0.2, -0.15) is 22.3 Å². The van der Waals surface area contributed by atoms with Gasteiger partial charge in [-0.15, -0.1) is 8.78 Å². The van der Waals surface area contributed by atoms with Gasteiger partial charge in [0.25, 0.3) is 10.4 Å². The molecule has 12 radical (unpaired) electrons. The van der Waals surface area contributed by atoms with Crippen molar-refractivity contribution in [2.24, 2.45) is 0 Å². The largest absolute Gasteiger partial charge is 0.870 e. The molecule has 0 fully saturated rings. The van der Waals surface area contributed by atoms with Crippen LogP contribution in [-0.4, -0.2) is 197 Å². The molecule has 2 aromatic heterocycles. The smallest absolute Gasteiger partial charge is 0.870 e. The Kier molecular flexibility index (Phi) is 249. The summed E-state index contributed by atoms with van der Waals surface area (Å²) in [4.78, 5) is 0. The number of aromatic nitrogens is 2. The molecule has 0 atom stereocenters. The maximum absolute atomic E-state index is 12.9. The predicted octanol–water partition coefficient (Wildman–Crippen LogP) is -3.30. The Morgan fingerprint density at radius 1 is 0.543 bits per heavy atom. The third kappa shape index (κ3) is 57.9. The minimum Gasteiger partial charge on any atom is -0.870 e. The normalized spacial score (nSPS) is 5.65. The average Bonchev–Trinajstić information content (AvgIpc) is 2.94. The first-order valence-corrected chi connectivity index (χ1v) is 27.6. The first-order valence-electron chi connectivity index (χ1n) is 7.41. The molecule has 0 saturated heterocycles. The minimum atomic E-state index is -1.81. The molecule has 2 rings (SSSR count). The number of aryl methyl sites for hydroxylation is 1. The molecule has 22 N–H and O–H groups in total. The van der Waals surface area contributed by atoms with Gasteiger partial charge in [-0.1, -0.05) is 0 Å². The molecule has 2 aromatic rings. The van der Waals surface area contributed by atoms with Crippen LogP contribution in [0.15, 0.2) is 29.0 Å². The number of hydrogen-bond donors (Lipinski definition) is 0. The fourth-order valence-corrected chi connectivity index (χ4v) is 2.17. The van der Waals surface area contributed by atoms with E-state index in [9.17, 15) is 22.0 Å². The molecule has 32 heteroatoms. The summed E-state index contributed by atoms with van der Waals surface area (Å²) in [7, 11) is 28.1. The van der Waals surface area contributed by atoms with Crippen molar-refractivity contribution in [2.45, 2.75) is 26.9 Å². The summed E-state index contributed by atoms with van der Waals surface area (Å²) < 4.78 is 65.1. The fourth-order valence-electron chi connectivity index (χ4n) is 1.59. The van der Waals surface area contributed by atoms with Crippen LogP contribution in [0.4, 0.5) is 22.0 Å². The third-order valence-corrected chi connectivity index (χ3v) is 3.54. The predicted molar refractivity (Wildman–Crippen MR) is 182 cm³/mol. The van der Waals surface area contributed by atoms with E-state index in [4.69, 9.17) is 0 Å². The van der Waals surface area contributed by atoms with Crippen LogP contribution < -0.4 is 9.13 Å². The van der Waals surface area contributed by atoms with Gasteiger partial charge in [0, 0.05) is 28.1 Å². The summed E-state index contributed by atoms with van der Waals surface area (Å²) in [6.07, 6.45) is 1.72. The molecule has 2 heterocycles. The van der Waals surface area contributed by atoms with Crippen molar-refractivity contribution in [3.8, 4) is 0 Å². The van der Waals surface area contributed by atoms with Gasteiger partial charge in [0.05, 0.1) is 0 Å². The zero-order valence-corrected chi connectivity index (χ0v) is 44.2. The van der Waals surface area contributed by atoms with Crippen molar-refractivity contribution in [3.05, 3.63) is 58.3 Å². The molecule has 0 amide bonds. The zero-order valence-electron chi connectivity index (χ0n) is 22.7. The van der Waals surface area contributed by atoms with E-state index in [-0.39, 0.29) is 78.2 Å². The summed E-state index contributed by atoms with van der Waals surface area (Å²) >= 11 is 9.95. The van der Waals surface area contributed by atoms with E-state index < -0.39 is 28.0 Å². The topological polar surface area (TPSA) is 383 Å². The van der Waals surface area contributed by atoms with Crippen LogP contribution in [0, 0.1) is 29.3 Å². The van der Waals surface area contributed by atoms with Gasteiger partial charge in [0.2, 0.25) is 11.6 Å². The molecular formula is C14H36BrCl6F5N2O12Sb6. The Bertz CT molecular complexity index is 717. The van der Waals surface area contributed by atoms with Gasteiger partial charge < -0.3 is 65.7 Å². The van der Waals surface area contributed by atoms with E-state index in [1.165, 1.54) is 144 Å². The molecular weight excluding hydrogens is 1510 g/mol. The molecule has 0 bridgehead atoms. The van der Waals surface area contributed by atoms with Crippen LogP contribution >= 0.6 is 68.9 Å². The Morgan fingerprint density at radius 3 is 1.07 bits per heavy atom. The maximum atomic E-state index is 12.9. The van der Waals surface area contributed by atoms with E-state index in [0.29, 0.717) is 11.1 Å². The second-order valence-electron chi connectivity index (χ2n) is 4.08. The van der Waals surface area contributed by atoms with E-state index in [1.807, 2.05) is 13.0 Å². The Balaban J connectivity index is -0.0000000135.